The van der Waals surface area contributed by atoms with Gasteiger partial charge >= 0.3 is 5.69 Å². The van der Waals surface area contributed by atoms with E-state index >= 15 is 0 Å². The maximum Gasteiger partial charge on any atom is 0.329 e. The standard InChI is InChI=1S/C19H19N3O3/c1-12(2)13-7-9-14(10-8-13)20-17(23)11-22-18(24)15-5-3-4-6-16(15)21-19(22)25/h3-10,12H,11H2,1-2H3,(H,20,23)(H,21,25). The van der Waals surface area contributed by atoms with E-state index in [9.17, 15) is 14.4 Å². The molecule has 25 heavy (non-hydrogen) atoms. The van der Waals surface area contributed by atoms with Gasteiger partial charge in [-0.15, -0.1) is 0 Å². The lowest BCUT2D eigenvalue weighted by atomic mass is 10.0. The van der Waals surface area contributed by atoms with Gasteiger partial charge in [0.15, 0.2) is 0 Å². The van der Waals surface area contributed by atoms with Crippen LogP contribution in [0.4, 0.5) is 5.69 Å². The second-order valence-corrected chi connectivity index (χ2v) is 6.19. The molecule has 0 saturated heterocycles. The molecule has 6 nitrogen and oxygen atoms in total. The van der Waals surface area contributed by atoms with Crippen LogP contribution in [0, 0.1) is 0 Å². The van der Waals surface area contributed by atoms with Crippen molar-refractivity contribution in [1.82, 2.24) is 9.55 Å². The van der Waals surface area contributed by atoms with E-state index in [-0.39, 0.29) is 6.54 Å². The number of nitrogens with one attached hydrogen (secondary N) is 2. The second kappa shape index (κ2) is 6.76. The zero-order chi connectivity index (χ0) is 18.0. The van der Waals surface area contributed by atoms with Crippen LogP contribution in [0.5, 0.6) is 0 Å². The van der Waals surface area contributed by atoms with Crippen LogP contribution in [0.25, 0.3) is 10.9 Å². The average molecular weight is 337 g/mol. The molecule has 0 unspecified atom stereocenters. The Morgan fingerprint density at radius 1 is 1.08 bits per heavy atom. The highest BCUT2D eigenvalue weighted by molar-refractivity contribution is 5.90. The predicted molar refractivity (Wildman–Crippen MR) is 98.0 cm³/mol. The SMILES string of the molecule is CC(C)c1ccc(NC(=O)Cn2c(=O)[nH]c3ccccc3c2=O)cc1. The summed E-state index contributed by atoms with van der Waals surface area (Å²) < 4.78 is 0.903. The third-order valence-electron chi connectivity index (χ3n) is 4.05. The number of para-hydroxylation sites is 1. The summed E-state index contributed by atoms with van der Waals surface area (Å²) in [5, 5.41) is 3.08. The minimum absolute atomic E-state index is 0.342. The molecule has 3 aromatic rings. The van der Waals surface area contributed by atoms with Crippen molar-refractivity contribution < 1.29 is 4.79 Å². The first-order valence-electron chi connectivity index (χ1n) is 8.07. The van der Waals surface area contributed by atoms with Gasteiger partial charge in [0.05, 0.1) is 10.9 Å². The molecule has 0 saturated carbocycles. The maximum atomic E-state index is 12.4. The molecular formula is C19H19N3O3. The van der Waals surface area contributed by atoms with E-state index < -0.39 is 17.2 Å². The molecule has 0 spiro atoms. The number of aromatic nitrogens is 2. The van der Waals surface area contributed by atoms with Crippen LogP contribution in [0.15, 0.2) is 58.1 Å². The number of nitrogens with zero attached hydrogens (tertiary/aromatic N) is 1. The zero-order valence-electron chi connectivity index (χ0n) is 14.1. The third-order valence-corrected chi connectivity index (χ3v) is 4.05. The number of carbonyl (C=O) groups is 1. The average Bonchev–Trinajstić information content (AvgIpc) is 2.59. The van der Waals surface area contributed by atoms with Gasteiger partial charge in [0.25, 0.3) is 5.56 Å². The summed E-state index contributed by atoms with van der Waals surface area (Å²) in [5.41, 5.74) is 1.16. The summed E-state index contributed by atoms with van der Waals surface area (Å²) >= 11 is 0. The van der Waals surface area contributed by atoms with Crippen LogP contribution in [-0.2, 0) is 11.3 Å². The fourth-order valence-corrected chi connectivity index (χ4v) is 2.64. The van der Waals surface area contributed by atoms with E-state index in [0.29, 0.717) is 22.5 Å². The van der Waals surface area contributed by atoms with E-state index in [4.69, 9.17) is 0 Å². The van der Waals surface area contributed by atoms with Crippen LogP contribution < -0.4 is 16.6 Å². The molecule has 0 fully saturated rings. The maximum absolute atomic E-state index is 12.4. The number of rotatable bonds is 4. The van der Waals surface area contributed by atoms with Crippen molar-refractivity contribution in [3.63, 3.8) is 0 Å². The number of anilines is 1. The summed E-state index contributed by atoms with van der Waals surface area (Å²) in [4.78, 5) is 39.3. The van der Waals surface area contributed by atoms with Crippen LogP contribution in [0.2, 0.25) is 0 Å². The van der Waals surface area contributed by atoms with E-state index in [2.05, 4.69) is 24.1 Å². The number of benzene rings is 2. The minimum Gasteiger partial charge on any atom is -0.325 e. The molecule has 0 atom stereocenters. The van der Waals surface area contributed by atoms with E-state index in [0.717, 1.165) is 4.57 Å². The van der Waals surface area contributed by atoms with Gasteiger partial charge in [0.1, 0.15) is 6.54 Å². The van der Waals surface area contributed by atoms with Gasteiger partial charge in [0.2, 0.25) is 5.91 Å². The van der Waals surface area contributed by atoms with Gasteiger partial charge in [-0.2, -0.15) is 0 Å². The molecule has 0 aliphatic carbocycles. The molecule has 1 heterocycles. The lowest BCUT2D eigenvalue weighted by Gasteiger charge is -2.09. The number of amides is 1. The summed E-state index contributed by atoms with van der Waals surface area (Å²) in [7, 11) is 0. The first kappa shape index (κ1) is 16.7. The van der Waals surface area contributed by atoms with E-state index in [1.165, 1.54) is 5.56 Å². The number of H-pyrrole nitrogens is 1. The Hall–Kier alpha value is -3.15. The number of carbonyl (C=O) groups excluding carboxylic acids is 1. The quantitative estimate of drug-likeness (QED) is 0.767. The van der Waals surface area contributed by atoms with Crippen molar-refractivity contribution in [2.24, 2.45) is 0 Å². The van der Waals surface area contributed by atoms with Crippen LogP contribution in [0.3, 0.4) is 0 Å². The number of hydrogen-bond acceptors (Lipinski definition) is 3. The predicted octanol–water partition coefficient (Wildman–Crippen LogP) is 2.45. The summed E-state index contributed by atoms with van der Waals surface area (Å²) in [6.07, 6.45) is 0. The van der Waals surface area contributed by atoms with Crippen molar-refractivity contribution in [2.45, 2.75) is 26.3 Å². The first-order valence-corrected chi connectivity index (χ1v) is 8.07. The minimum atomic E-state index is -0.603. The molecule has 6 heteroatoms. The lowest BCUT2D eigenvalue weighted by Crippen LogP contribution is -2.38. The monoisotopic (exact) mass is 337 g/mol. The normalized spacial score (nSPS) is 11.0. The highest BCUT2D eigenvalue weighted by Crippen LogP contribution is 2.17. The highest BCUT2D eigenvalue weighted by atomic mass is 16.2. The van der Waals surface area contributed by atoms with Gasteiger partial charge in [-0.25, -0.2) is 4.79 Å². The molecule has 2 N–H and O–H groups in total. The van der Waals surface area contributed by atoms with E-state index in [1.54, 1.807) is 36.4 Å². The molecule has 0 radical (unpaired) electrons. The van der Waals surface area contributed by atoms with Gasteiger partial charge in [0, 0.05) is 5.69 Å². The molecular weight excluding hydrogens is 318 g/mol. The smallest absolute Gasteiger partial charge is 0.325 e. The molecule has 0 aliphatic heterocycles. The van der Waals surface area contributed by atoms with Crippen molar-refractivity contribution in [2.75, 3.05) is 5.32 Å². The van der Waals surface area contributed by atoms with Crippen LogP contribution in [0.1, 0.15) is 25.3 Å². The highest BCUT2D eigenvalue weighted by Gasteiger charge is 2.11. The molecule has 3 rings (SSSR count). The second-order valence-electron chi connectivity index (χ2n) is 6.19. The van der Waals surface area contributed by atoms with Crippen LogP contribution >= 0.6 is 0 Å². The van der Waals surface area contributed by atoms with Gasteiger partial charge in [-0.1, -0.05) is 38.1 Å². The summed E-state index contributed by atoms with van der Waals surface area (Å²) in [6.45, 7) is 3.84. The molecule has 0 bridgehead atoms. The number of fused-ring (bicyclic) bond motifs is 1. The largest absolute Gasteiger partial charge is 0.329 e. The Morgan fingerprint density at radius 2 is 1.76 bits per heavy atom. The summed E-state index contributed by atoms with van der Waals surface area (Å²) in [6, 6.07) is 14.2. The summed E-state index contributed by atoms with van der Waals surface area (Å²) in [5.74, 6) is -0.0281. The molecule has 1 aromatic heterocycles. The first-order chi connectivity index (χ1) is 12.0. The lowest BCUT2D eigenvalue weighted by molar-refractivity contribution is -0.116. The van der Waals surface area contributed by atoms with Gasteiger partial charge < -0.3 is 10.3 Å². The molecule has 1 amide bonds. The van der Waals surface area contributed by atoms with Crippen molar-refractivity contribution in [3.8, 4) is 0 Å². The Kier molecular flexibility index (Phi) is 4.52. The Bertz CT molecular complexity index is 1030. The van der Waals surface area contributed by atoms with Crippen molar-refractivity contribution >= 4 is 22.5 Å². The Balaban J connectivity index is 1.82. The van der Waals surface area contributed by atoms with Crippen molar-refractivity contribution in [1.29, 1.82) is 0 Å². The zero-order valence-corrected chi connectivity index (χ0v) is 14.1. The fourth-order valence-electron chi connectivity index (χ4n) is 2.64. The molecule has 0 aliphatic rings. The molecule has 2 aromatic carbocycles. The Labute approximate surface area is 144 Å². The van der Waals surface area contributed by atoms with E-state index in [1.807, 2.05) is 12.1 Å². The van der Waals surface area contributed by atoms with Gasteiger partial charge in [-0.3, -0.25) is 14.2 Å². The van der Waals surface area contributed by atoms with Crippen molar-refractivity contribution in [3.05, 3.63) is 74.9 Å². The number of aromatic amines is 1. The Morgan fingerprint density at radius 3 is 2.44 bits per heavy atom. The number of hydrogen-bond donors (Lipinski definition) is 2. The fraction of sp³-hybridized carbons (Fsp3) is 0.211. The van der Waals surface area contributed by atoms with Crippen LogP contribution in [-0.4, -0.2) is 15.5 Å². The molecule has 128 valence electrons. The topological polar surface area (TPSA) is 84.0 Å². The third kappa shape index (κ3) is 3.52. The van der Waals surface area contributed by atoms with Gasteiger partial charge in [-0.05, 0) is 35.7 Å².